The van der Waals surface area contributed by atoms with Gasteiger partial charge in [0.05, 0.1) is 6.10 Å². The predicted octanol–water partition coefficient (Wildman–Crippen LogP) is 3.18. The molecule has 0 spiro atoms. The van der Waals surface area contributed by atoms with Gasteiger partial charge in [-0.1, -0.05) is 139 Å². The number of nitrogens with zero attached hydrogens (tertiary/aromatic N) is 1. The lowest BCUT2D eigenvalue weighted by Gasteiger charge is -2.32. The molecule has 0 aliphatic carbocycles. The van der Waals surface area contributed by atoms with Gasteiger partial charge in [0.1, 0.15) is 24.2 Å². The molecule has 0 fully saturated rings. The number of carboxylic acid groups (broad SMARTS) is 1. The standard InChI is InChI=1S/C48H73N7O10/c1-32(2)29-36(47(63)55(4)38(43(49)59)31-35-25-19-16-20-26-35)51-45(61)41(33(3)56)53-39(57)27-21-13-11-9-7-5-6-8-10-12-14-22-28-40(58)54-42(44(50)60)46(62)52-37(48(64)65)30-34-23-17-15-18-24-34/h15-20,23-26,32-33,36-38,41-42,56H,5-14,21-22,27-31H2,1-4H3,(H2,49,59)(H2,50,60)(H,51,61)(H,52,62)(H,53,57)(H,54,58)(H,64,65)/t33-,36-,37+,38-,41-,42-/m0/s1. The topological polar surface area (TPSA) is 280 Å². The van der Waals surface area contributed by atoms with Crippen LogP contribution < -0.4 is 32.7 Å². The Bertz CT molecular complexity index is 1810. The minimum Gasteiger partial charge on any atom is -0.480 e. The molecule has 2 aromatic rings. The van der Waals surface area contributed by atoms with Crippen molar-refractivity contribution in [1.29, 1.82) is 0 Å². The smallest absolute Gasteiger partial charge is 0.326 e. The second-order valence-electron chi connectivity index (χ2n) is 17.3. The number of aliphatic hydroxyl groups is 1. The van der Waals surface area contributed by atoms with Crippen molar-refractivity contribution >= 4 is 47.3 Å². The monoisotopic (exact) mass is 908 g/mol. The number of hydrogen-bond acceptors (Lipinski definition) is 9. The molecule has 0 bridgehead atoms. The maximum atomic E-state index is 13.7. The lowest BCUT2D eigenvalue weighted by molar-refractivity contribution is -0.143. The maximum Gasteiger partial charge on any atom is 0.326 e. The van der Waals surface area contributed by atoms with Crippen LogP contribution in [0.3, 0.4) is 0 Å². The maximum absolute atomic E-state index is 13.7. The van der Waals surface area contributed by atoms with E-state index in [-0.39, 0.29) is 43.9 Å². The van der Waals surface area contributed by atoms with Gasteiger partial charge in [0.15, 0.2) is 6.04 Å². The summed E-state index contributed by atoms with van der Waals surface area (Å²) in [6.07, 6.45) is 10.4. The van der Waals surface area contributed by atoms with Gasteiger partial charge in [-0.15, -0.1) is 0 Å². The SMILES string of the molecule is CC(C)C[C@H](NC(=O)[C@@H](NC(=O)CCCCCCCCCCCCCCC(=O)N[C@@H](C(N)=O)C(=O)N[C@H](Cc1ccccc1)C(=O)O)[C@H](C)O)C(=O)N(C)[C@@H](Cc1ccccc1)C(N)=O. The fraction of sp³-hybridized carbons (Fsp3) is 0.583. The van der Waals surface area contributed by atoms with E-state index in [0.29, 0.717) is 18.4 Å². The van der Waals surface area contributed by atoms with Crippen molar-refractivity contribution in [2.45, 2.75) is 166 Å². The fourth-order valence-corrected chi connectivity index (χ4v) is 7.41. The zero-order chi connectivity index (χ0) is 48.3. The first-order valence-electron chi connectivity index (χ1n) is 22.9. The molecule has 17 nitrogen and oxygen atoms in total. The van der Waals surface area contributed by atoms with Crippen molar-refractivity contribution in [3.63, 3.8) is 0 Å². The van der Waals surface area contributed by atoms with E-state index < -0.39 is 77.7 Å². The molecule has 17 heteroatoms. The Hall–Kier alpha value is -5.84. The number of carboxylic acids is 1. The molecule has 10 N–H and O–H groups in total. The largest absolute Gasteiger partial charge is 0.480 e. The number of likely N-dealkylation sites (N-methyl/N-ethyl adjacent to an activating group) is 1. The number of carbonyl (C=O) groups excluding carboxylic acids is 7. The molecule has 360 valence electrons. The van der Waals surface area contributed by atoms with Gasteiger partial charge in [0.25, 0.3) is 5.91 Å². The summed E-state index contributed by atoms with van der Waals surface area (Å²) in [5.74, 6) is -6.13. The van der Waals surface area contributed by atoms with Gasteiger partial charge in [0, 0.05) is 32.7 Å². The number of aliphatic carboxylic acids is 1. The van der Waals surface area contributed by atoms with Gasteiger partial charge in [-0.25, -0.2) is 4.79 Å². The molecule has 0 radical (unpaired) electrons. The Kier molecular flexibility index (Phi) is 25.8. The Balaban J connectivity index is 1.63. The number of nitrogens with two attached hydrogens (primary N) is 2. The minimum absolute atomic E-state index is 0.00346. The highest BCUT2D eigenvalue weighted by Crippen LogP contribution is 2.16. The van der Waals surface area contributed by atoms with Crippen molar-refractivity contribution < 1.29 is 48.6 Å². The number of hydrogen-bond donors (Lipinski definition) is 8. The Morgan fingerprint density at radius 3 is 1.42 bits per heavy atom. The molecule has 7 amide bonds. The van der Waals surface area contributed by atoms with Gasteiger partial charge in [-0.3, -0.25) is 33.6 Å². The molecule has 65 heavy (non-hydrogen) atoms. The zero-order valence-electron chi connectivity index (χ0n) is 38.6. The normalized spacial score (nSPS) is 13.9. The average molecular weight is 908 g/mol. The second kappa shape index (κ2) is 30.3. The van der Waals surface area contributed by atoms with Crippen LogP contribution in [0, 0.1) is 5.92 Å². The first kappa shape index (κ1) is 55.3. The van der Waals surface area contributed by atoms with Crippen LogP contribution in [0.1, 0.15) is 128 Å². The molecule has 0 saturated carbocycles. The summed E-state index contributed by atoms with van der Waals surface area (Å²) in [6, 6.07) is 11.6. The summed E-state index contributed by atoms with van der Waals surface area (Å²) >= 11 is 0. The van der Waals surface area contributed by atoms with Gasteiger partial charge in [-0.2, -0.15) is 0 Å². The van der Waals surface area contributed by atoms with Crippen LogP contribution in [0.15, 0.2) is 60.7 Å². The number of nitrogens with one attached hydrogen (secondary N) is 4. The minimum atomic E-state index is -1.69. The van der Waals surface area contributed by atoms with E-state index >= 15 is 0 Å². The van der Waals surface area contributed by atoms with Crippen molar-refractivity contribution in [2.24, 2.45) is 17.4 Å². The van der Waals surface area contributed by atoms with Crippen LogP contribution in [0.4, 0.5) is 0 Å². The third-order valence-corrected chi connectivity index (χ3v) is 11.1. The molecule has 2 aromatic carbocycles. The van der Waals surface area contributed by atoms with Crippen LogP contribution in [-0.4, -0.2) is 106 Å². The summed E-state index contributed by atoms with van der Waals surface area (Å²) in [5.41, 5.74) is 12.5. The molecule has 0 aliphatic heterocycles. The average Bonchev–Trinajstić information content (AvgIpc) is 3.25. The lowest BCUT2D eigenvalue weighted by atomic mass is 9.99. The molecular weight excluding hydrogens is 835 g/mol. The van der Waals surface area contributed by atoms with E-state index in [9.17, 15) is 48.6 Å². The van der Waals surface area contributed by atoms with Crippen molar-refractivity contribution in [3.8, 4) is 0 Å². The quantitative estimate of drug-likeness (QED) is 0.0383. The summed E-state index contributed by atoms with van der Waals surface area (Å²) < 4.78 is 0. The number of primary amides is 2. The first-order chi connectivity index (χ1) is 30.9. The van der Waals surface area contributed by atoms with E-state index in [1.807, 2.05) is 44.2 Å². The Labute approximate surface area is 383 Å². The third kappa shape index (κ3) is 22.1. The van der Waals surface area contributed by atoms with Crippen molar-refractivity contribution in [1.82, 2.24) is 26.2 Å². The van der Waals surface area contributed by atoms with Gasteiger partial charge in [0.2, 0.25) is 35.4 Å². The predicted molar refractivity (Wildman–Crippen MR) is 246 cm³/mol. The highest BCUT2D eigenvalue weighted by molar-refractivity contribution is 6.07. The number of unbranched alkanes of at least 4 members (excludes halogenated alkanes) is 11. The van der Waals surface area contributed by atoms with Crippen LogP contribution in [0.25, 0.3) is 0 Å². The number of aliphatic hydroxyl groups excluding tert-OH is 1. The number of rotatable bonds is 33. The lowest BCUT2D eigenvalue weighted by Crippen LogP contribution is -2.59. The highest BCUT2D eigenvalue weighted by Gasteiger charge is 2.35. The molecule has 2 rings (SSSR count). The molecular formula is C48H73N7O10. The van der Waals surface area contributed by atoms with E-state index in [0.717, 1.165) is 69.8 Å². The Morgan fingerprint density at radius 2 is 1.00 bits per heavy atom. The van der Waals surface area contributed by atoms with Crippen LogP contribution in [-0.2, 0) is 51.2 Å². The second-order valence-corrected chi connectivity index (χ2v) is 17.3. The number of benzene rings is 2. The summed E-state index contributed by atoms with van der Waals surface area (Å²) in [6.45, 7) is 5.18. The Morgan fingerprint density at radius 1 is 0.569 bits per heavy atom. The molecule has 0 aromatic heterocycles. The molecule has 6 atom stereocenters. The van der Waals surface area contributed by atoms with Crippen molar-refractivity contribution in [2.75, 3.05) is 7.05 Å². The summed E-state index contributed by atoms with van der Waals surface area (Å²) in [4.78, 5) is 102. The highest BCUT2D eigenvalue weighted by atomic mass is 16.4. The van der Waals surface area contributed by atoms with Crippen LogP contribution >= 0.6 is 0 Å². The summed E-state index contributed by atoms with van der Waals surface area (Å²) in [7, 11) is 1.47. The van der Waals surface area contributed by atoms with E-state index in [1.165, 1.54) is 18.9 Å². The van der Waals surface area contributed by atoms with Crippen molar-refractivity contribution in [3.05, 3.63) is 71.8 Å². The number of carbonyl (C=O) groups is 8. The molecule has 0 saturated heterocycles. The van der Waals surface area contributed by atoms with E-state index in [4.69, 9.17) is 11.5 Å². The zero-order valence-corrected chi connectivity index (χ0v) is 38.6. The first-order valence-corrected chi connectivity index (χ1v) is 22.9. The summed E-state index contributed by atoms with van der Waals surface area (Å²) in [5, 5.41) is 30.0. The molecule has 0 unspecified atom stereocenters. The molecule has 0 aliphatic rings. The number of amides is 7. The van der Waals surface area contributed by atoms with Gasteiger partial charge >= 0.3 is 5.97 Å². The van der Waals surface area contributed by atoms with E-state index in [2.05, 4.69) is 21.3 Å². The van der Waals surface area contributed by atoms with Crippen LogP contribution in [0.2, 0.25) is 0 Å². The van der Waals surface area contributed by atoms with Gasteiger partial charge < -0.3 is 47.8 Å². The van der Waals surface area contributed by atoms with Crippen LogP contribution in [0.5, 0.6) is 0 Å². The van der Waals surface area contributed by atoms with Gasteiger partial charge in [-0.05, 0) is 43.2 Å². The third-order valence-electron chi connectivity index (χ3n) is 11.1. The molecule has 0 heterocycles. The fourth-order valence-electron chi connectivity index (χ4n) is 7.41. The van der Waals surface area contributed by atoms with E-state index in [1.54, 1.807) is 30.3 Å².